The largest absolute Gasteiger partial charge is 0.497 e. The SMILES string of the molecule is COc1cc(NC=C(C#N)c2nn[nH]n2)c(F)c(OC)c1. The fraction of sp³-hybridized carbons (Fsp3) is 0.167. The van der Waals surface area contributed by atoms with Crippen molar-refractivity contribution in [3.63, 3.8) is 0 Å². The van der Waals surface area contributed by atoms with Crippen molar-refractivity contribution >= 4 is 11.3 Å². The quantitative estimate of drug-likeness (QED) is 0.799. The van der Waals surface area contributed by atoms with Gasteiger partial charge in [-0.25, -0.2) is 4.39 Å². The number of benzene rings is 1. The number of allylic oxidation sites excluding steroid dienone is 1. The van der Waals surface area contributed by atoms with E-state index in [0.717, 1.165) is 0 Å². The summed E-state index contributed by atoms with van der Waals surface area (Å²) in [5.74, 6) is -0.0919. The Morgan fingerprint density at radius 3 is 2.81 bits per heavy atom. The Kier molecular flexibility index (Phi) is 4.30. The van der Waals surface area contributed by atoms with E-state index in [-0.39, 0.29) is 22.8 Å². The normalized spacial score (nSPS) is 10.9. The van der Waals surface area contributed by atoms with Gasteiger partial charge in [-0.3, -0.25) is 0 Å². The molecule has 0 fully saturated rings. The van der Waals surface area contributed by atoms with Crippen LogP contribution < -0.4 is 14.8 Å². The summed E-state index contributed by atoms with van der Waals surface area (Å²) in [6.07, 6.45) is 1.27. The lowest BCUT2D eigenvalue weighted by Crippen LogP contribution is -1.99. The zero-order valence-electron chi connectivity index (χ0n) is 11.2. The summed E-state index contributed by atoms with van der Waals surface area (Å²) in [6, 6.07) is 4.72. The van der Waals surface area contributed by atoms with E-state index < -0.39 is 5.82 Å². The van der Waals surface area contributed by atoms with Crippen LogP contribution in [0.1, 0.15) is 5.82 Å². The van der Waals surface area contributed by atoms with Gasteiger partial charge in [-0.2, -0.15) is 10.5 Å². The van der Waals surface area contributed by atoms with Crippen molar-refractivity contribution in [2.45, 2.75) is 0 Å². The highest BCUT2D eigenvalue weighted by molar-refractivity contribution is 5.74. The molecule has 0 unspecified atom stereocenters. The van der Waals surface area contributed by atoms with Gasteiger partial charge in [0, 0.05) is 18.3 Å². The van der Waals surface area contributed by atoms with Gasteiger partial charge in [-0.05, 0) is 5.21 Å². The number of tetrazole rings is 1. The van der Waals surface area contributed by atoms with Crippen LogP contribution in [0, 0.1) is 17.1 Å². The second-order valence-electron chi connectivity index (χ2n) is 3.74. The van der Waals surface area contributed by atoms with Crippen LogP contribution in [0.2, 0.25) is 0 Å². The number of nitrogens with one attached hydrogen (secondary N) is 2. The third-order valence-electron chi connectivity index (χ3n) is 2.55. The second-order valence-corrected chi connectivity index (χ2v) is 3.74. The number of halogens is 1. The first-order valence-electron chi connectivity index (χ1n) is 5.71. The first-order chi connectivity index (χ1) is 10.2. The number of H-pyrrole nitrogens is 1. The molecule has 8 nitrogen and oxygen atoms in total. The third kappa shape index (κ3) is 3.06. The summed E-state index contributed by atoms with van der Waals surface area (Å²) in [7, 11) is 2.80. The van der Waals surface area contributed by atoms with Crippen molar-refractivity contribution in [1.29, 1.82) is 5.26 Å². The molecule has 0 aliphatic carbocycles. The fourth-order valence-electron chi connectivity index (χ4n) is 1.52. The molecule has 9 heteroatoms. The zero-order chi connectivity index (χ0) is 15.2. The van der Waals surface area contributed by atoms with E-state index in [1.165, 1.54) is 32.6 Å². The summed E-state index contributed by atoms with van der Waals surface area (Å²) in [5, 5.41) is 24.6. The molecule has 0 radical (unpaired) electrons. The maximum Gasteiger partial charge on any atom is 0.216 e. The first kappa shape index (κ1) is 14.3. The number of anilines is 1. The Bertz CT molecular complexity index is 693. The number of ether oxygens (including phenoxy) is 2. The molecule has 108 valence electrons. The molecule has 1 aromatic carbocycles. The number of rotatable bonds is 5. The highest BCUT2D eigenvalue weighted by Gasteiger charge is 2.12. The molecule has 0 aliphatic rings. The van der Waals surface area contributed by atoms with Crippen molar-refractivity contribution in [1.82, 2.24) is 20.6 Å². The van der Waals surface area contributed by atoms with E-state index in [1.54, 1.807) is 0 Å². The van der Waals surface area contributed by atoms with E-state index in [9.17, 15) is 4.39 Å². The van der Waals surface area contributed by atoms with Crippen LogP contribution in [0.25, 0.3) is 5.57 Å². The van der Waals surface area contributed by atoms with Crippen LogP contribution in [0.4, 0.5) is 10.1 Å². The number of hydrogen-bond donors (Lipinski definition) is 2. The fourth-order valence-corrected chi connectivity index (χ4v) is 1.52. The number of nitriles is 1. The Labute approximate surface area is 119 Å². The van der Waals surface area contributed by atoms with Gasteiger partial charge < -0.3 is 14.8 Å². The number of nitrogens with zero attached hydrogens (tertiary/aromatic N) is 4. The van der Waals surface area contributed by atoms with E-state index in [2.05, 4.69) is 25.9 Å². The summed E-state index contributed by atoms with van der Waals surface area (Å²) in [5.41, 5.74) is 0.174. The average Bonchev–Trinajstić information content (AvgIpc) is 3.03. The molecule has 0 saturated carbocycles. The molecule has 2 rings (SSSR count). The Morgan fingerprint density at radius 1 is 1.43 bits per heavy atom. The van der Waals surface area contributed by atoms with Gasteiger partial charge in [0.05, 0.1) is 19.9 Å². The molecule has 0 bridgehead atoms. The van der Waals surface area contributed by atoms with Crippen molar-refractivity contribution in [3.8, 4) is 17.6 Å². The molecule has 0 saturated heterocycles. The van der Waals surface area contributed by atoms with Gasteiger partial charge >= 0.3 is 0 Å². The number of methoxy groups -OCH3 is 2. The van der Waals surface area contributed by atoms with Crippen LogP contribution in [0.15, 0.2) is 18.3 Å². The summed E-state index contributed by atoms with van der Waals surface area (Å²) < 4.78 is 24.0. The lowest BCUT2D eigenvalue weighted by atomic mass is 10.2. The number of aromatic nitrogens is 4. The second kappa shape index (κ2) is 6.33. The summed E-state index contributed by atoms with van der Waals surface area (Å²) in [6.45, 7) is 0. The van der Waals surface area contributed by atoms with Gasteiger partial charge in [0.25, 0.3) is 0 Å². The van der Waals surface area contributed by atoms with E-state index in [0.29, 0.717) is 5.75 Å². The highest BCUT2D eigenvalue weighted by atomic mass is 19.1. The van der Waals surface area contributed by atoms with Crippen LogP contribution >= 0.6 is 0 Å². The van der Waals surface area contributed by atoms with Crippen molar-refractivity contribution < 1.29 is 13.9 Å². The van der Waals surface area contributed by atoms with Crippen LogP contribution in [-0.2, 0) is 0 Å². The van der Waals surface area contributed by atoms with Crippen molar-refractivity contribution in [2.75, 3.05) is 19.5 Å². The predicted molar refractivity (Wildman–Crippen MR) is 70.9 cm³/mol. The molecule has 2 N–H and O–H groups in total. The van der Waals surface area contributed by atoms with E-state index in [4.69, 9.17) is 14.7 Å². The van der Waals surface area contributed by atoms with Crippen molar-refractivity contribution in [2.24, 2.45) is 0 Å². The van der Waals surface area contributed by atoms with Crippen LogP contribution in [-0.4, -0.2) is 34.8 Å². The molecule has 21 heavy (non-hydrogen) atoms. The standard InChI is InChI=1S/C12H11FN6O2/c1-20-8-3-9(11(13)10(4-8)21-2)15-6-7(5-14)12-16-18-19-17-12/h3-4,6,15H,1-2H3,(H,16,17,18,19). The molecular formula is C12H11FN6O2. The van der Waals surface area contributed by atoms with Crippen LogP contribution in [0.3, 0.4) is 0 Å². The maximum absolute atomic E-state index is 14.1. The molecule has 1 heterocycles. The third-order valence-corrected chi connectivity index (χ3v) is 2.55. The first-order valence-corrected chi connectivity index (χ1v) is 5.71. The molecule has 0 amide bonds. The van der Waals surface area contributed by atoms with Crippen molar-refractivity contribution in [3.05, 3.63) is 30.0 Å². The molecule has 0 spiro atoms. The smallest absolute Gasteiger partial charge is 0.216 e. The minimum Gasteiger partial charge on any atom is -0.497 e. The minimum atomic E-state index is -0.611. The molecule has 0 atom stereocenters. The van der Waals surface area contributed by atoms with Crippen LogP contribution in [0.5, 0.6) is 11.5 Å². The van der Waals surface area contributed by atoms with E-state index in [1.807, 2.05) is 6.07 Å². The highest BCUT2D eigenvalue weighted by Crippen LogP contribution is 2.30. The van der Waals surface area contributed by atoms with Gasteiger partial charge in [-0.15, -0.1) is 10.2 Å². The number of aromatic amines is 1. The Hall–Kier alpha value is -3.15. The molecule has 2 aromatic rings. The topological polar surface area (TPSA) is 109 Å². The van der Waals surface area contributed by atoms with E-state index >= 15 is 0 Å². The average molecular weight is 290 g/mol. The Morgan fingerprint density at radius 2 is 2.24 bits per heavy atom. The summed E-state index contributed by atoms with van der Waals surface area (Å²) in [4.78, 5) is 0. The molecular weight excluding hydrogens is 279 g/mol. The number of hydrogen-bond acceptors (Lipinski definition) is 7. The molecule has 1 aromatic heterocycles. The predicted octanol–water partition coefficient (Wildman–Crippen LogP) is 1.33. The lowest BCUT2D eigenvalue weighted by molar-refractivity contribution is 0.375. The monoisotopic (exact) mass is 290 g/mol. The maximum atomic E-state index is 14.1. The zero-order valence-corrected chi connectivity index (χ0v) is 11.2. The van der Waals surface area contributed by atoms with Gasteiger partial charge in [0.2, 0.25) is 5.82 Å². The summed E-state index contributed by atoms with van der Waals surface area (Å²) >= 11 is 0. The van der Waals surface area contributed by atoms with Gasteiger partial charge in [0.1, 0.15) is 17.4 Å². The minimum absolute atomic E-state index is 0.0170. The van der Waals surface area contributed by atoms with Gasteiger partial charge in [-0.1, -0.05) is 0 Å². The Balaban J connectivity index is 2.33. The van der Waals surface area contributed by atoms with Gasteiger partial charge in [0.15, 0.2) is 11.6 Å². The molecule has 0 aliphatic heterocycles. The lowest BCUT2D eigenvalue weighted by Gasteiger charge is -2.10.